The summed E-state index contributed by atoms with van der Waals surface area (Å²) in [5.74, 6) is -1.43. The van der Waals surface area contributed by atoms with E-state index in [1.165, 1.54) is 18.3 Å². The number of rotatable bonds is 5. The molecular formula is C14H15N3O3S. The molecule has 1 amide bonds. The van der Waals surface area contributed by atoms with Crippen molar-refractivity contribution in [1.29, 1.82) is 0 Å². The van der Waals surface area contributed by atoms with Gasteiger partial charge in [-0.2, -0.15) is 0 Å². The zero-order chi connectivity index (χ0) is 15.4. The summed E-state index contributed by atoms with van der Waals surface area (Å²) in [6, 6.07) is 2.53. The predicted octanol–water partition coefficient (Wildman–Crippen LogP) is 2.29. The van der Waals surface area contributed by atoms with Gasteiger partial charge in [0.05, 0.1) is 11.6 Å². The minimum absolute atomic E-state index is 0.0482. The van der Waals surface area contributed by atoms with Gasteiger partial charge in [0.1, 0.15) is 10.7 Å². The van der Waals surface area contributed by atoms with Crippen LogP contribution in [0.2, 0.25) is 0 Å². The first-order valence-electron chi connectivity index (χ1n) is 6.46. The number of pyridine rings is 1. The number of hydrogen-bond acceptors (Lipinski definition) is 5. The average Bonchev–Trinajstić information content (AvgIpc) is 2.96. The number of carboxylic acids is 1. The van der Waals surface area contributed by atoms with Crippen molar-refractivity contribution in [3.8, 4) is 0 Å². The first-order chi connectivity index (χ1) is 10.0. The summed E-state index contributed by atoms with van der Waals surface area (Å²) in [4.78, 5) is 32.1. The van der Waals surface area contributed by atoms with Gasteiger partial charge in [-0.1, -0.05) is 6.92 Å². The molecule has 2 heterocycles. The Hall–Kier alpha value is -2.28. The Balaban J connectivity index is 2.04. The summed E-state index contributed by atoms with van der Waals surface area (Å²) in [6.07, 6.45) is 3.89. The zero-order valence-corrected chi connectivity index (χ0v) is 12.5. The van der Waals surface area contributed by atoms with Gasteiger partial charge in [-0.05, 0) is 25.5 Å². The molecule has 0 saturated heterocycles. The number of nitrogens with one attached hydrogen (secondary N) is 1. The van der Waals surface area contributed by atoms with Gasteiger partial charge in [0.15, 0.2) is 0 Å². The summed E-state index contributed by atoms with van der Waals surface area (Å²) in [5.41, 5.74) is 0.228. The fraction of sp³-hybridized carbons (Fsp3) is 0.286. The Morgan fingerprint density at radius 2 is 2.10 bits per heavy atom. The maximum Gasteiger partial charge on any atom is 0.337 e. The van der Waals surface area contributed by atoms with Crippen LogP contribution in [0, 0.1) is 0 Å². The van der Waals surface area contributed by atoms with Gasteiger partial charge in [-0.25, -0.2) is 9.78 Å². The molecule has 0 radical (unpaired) electrons. The van der Waals surface area contributed by atoms with Gasteiger partial charge in [0.25, 0.3) is 5.91 Å². The van der Waals surface area contributed by atoms with Gasteiger partial charge < -0.3 is 10.4 Å². The third-order valence-corrected chi connectivity index (χ3v) is 4.21. The Labute approximate surface area is 125 Å². The average molecular weight is 305 g/mol. The van der Waals surface area contributed by atoms with E-state index in [-0.39, 0.29) is 23.2 Å². The number of aryl methyl sites for hydroxylation is 1. The van der Waals surface area contributed by atoms with Crippen LogP contribution in [-0.4, -0.2) is 27.0 Å². The molecule has 0 fully saturated rings. The highest BCUT2D eigenvalue weighted by Crippen LogP contribution is 2.20. The standard InChI is InChI=1S/C14H15N3O3S/c1-3-10-7-16-13(21-10)8(2)17-12(18)11-5-4-9(6-15-11)14(19)20/h4-8H,3H2,1-2H3,(H,17,18)(H,19,20). The molecule has 2 N–H and O–H groups in total. The van der Waals surface area contributed by atoms with Crippen LogP contribution in [0.4, 0.5) is 0 Å². The maximum atomic E-state index is 12.0. The van der Waals surface area contributed by atoms with Crippen molar-refractivity contribution in [2.45, 2.75) is 26.3 Å². The van der Waals surface area contributed by atoms with E-state index in [4.69, 9.17) is 5.11 Å². The van der Waals surface area contributed by atoms with Crippen LogP contribution in [0.5, 0.6) is 0 Å². The Kier molecular flexibility index (Phi) is 4.64. The monoisotopic (exact) mass is 305 g/mol. The number of carbonyl (C=O) groups excluding carboxylic acids is 1. The largest absolute Gasteiger partial charge is 0.478 e. The Bertz CT molecular complexity index is 652. The molecular weight excluding hydrogens is 290 g/mol. The van der Waals surface area contributed by atoms with Crippen molar-refractivity contribution < 1.29 is 14.7 Å². The molecule has 0 bridgehead atoms. The number of aromatic carboxylic acids is 1. The van der Waals surface area contributed by atoms with E-state index in [0.29, 0.717) is 0 Å². The van der Waals surface area contributed by atoms with Crippen LogP contribution in [0.25, 0.3) is 0 Å². The molecule has 6 nitrogen and oxygen atoms in total. The lowest BCUT2D eigenvalue weighted by atomic mass is 10.2. The molecule has 2 aromatic rings. The number of carboxylic acid groups (broad SMARTS) is 1. The molecule has 110 valence electrons. The molecule has 2 aromatic heterocycles. The number of carbonyl (C=O) groups is 2. The van der Waals surface area contributed by atoms with Crippen molar-refractivity contribution in [1.82, 2.24) is 15.3 Å². The van der Waals surface area contributed by atoms with Crippen molar-refractivity contribution in [2.75, 3.05) is 0 Å². The van der Waals surface area contributed by atoms with Crippen molar-refractivity contribution in [2.24, 2.45) is 0 Å². The third-order valence-electron chi connectivity index (χ3n) is 2.88. The van der Waals surface area contributed by atoms with Crippen LogP contribution in [-0.2, 0) is 6.42 Å². The van der Waals surface area contributed by atoms with Gasteiger partial charge in [0.2, 0.25) is 0 Å². The van der Waals surface area contributed by atoms with E-state index in [0.717, 1.165) is 16.3 Å². The van der Waals surface area contributed by atoms with Crippen molar-refractivity contribution in [3.63, 3.8) is 0 Å². The molecule has 2 rings (SSSR count). The van der Waals surface area contributed by atoms with Crippen molar-refractivity contribution in [3.05, 3.63) is 45.7 Å². The maximum absolute atomic E-state index is 12.0. The van der Waals surface area contributed by atoms with E-state index in [1.807, 2.05) is 13.1 Å². The summed E-state index contributed by atoms with van der Waals surface area (Å²) in [7, 11) is 0. The Morgan fingerprint density at radius 1 is 1.33 bits per heavy atom. The van der Waals surface area contributed by atoms with E-state index in [1.54, 1.807) is 11.3 Å². The second-order valence-electron chi connectivity index (χ2n) is 4.45. The number of hydrogen-bond donors (Lipinski definition) is 2. The summed E-state index contributed by atoms with van der Waals surface area (Å²) in [5, 5.41) is 12.4. The second kappa shape index (κ2) is 6.45. The highest BCUT2D eigenvalue weighted by molar-refractivity contribution is 7.11. The minimum atomic E-state index is -1.07. The molecule has 21 heavy (non-hydrogen) atoms. The quantitative estimate of drug-likeness (QED) is 0.884. The first kappa shape index (κ1) is 15.1. The van der Waals surface area contributed by atoms with E-state index in [2.05, 4.69) is 22.2 Å². The zero-order valence-electron chi connectivity index (χ0n) is 11.7. The van der Waals surface area contributed by atoms with Crippen LogP contribution < -0.4 is 5.32 Å². The SMILES string of the molecule is CCc1cnc(C(C)NC(=O)c2ccc(C(=O)O)cn2)s1. The number of nitrogens with zero attached hydrogens (tertiary/aromatic N) is 2. The summed E-state index contributed by atoms with van der Waals surface area (Å²) >= 11 is 1.56. The lowest BCUT2D eigenvalue weighted by molar-refractivity contribution is 0.0695. The van der Waals surface area contributed by atoms with Crippen LogP contribution >= 0.6 is 11.3 Å². The smallest absolute Gasteiger partial charge is 0.337 e. The highest BCUT2D eigenvalue weighted by atomic mass is 32.1. The summed E-state index contributed by atoms with van der Waals surface area (Å²) < 4.78 is 0. The lowest BCUT2D eigenvalue weighted by Crippen LogP contribution is -2.27. The minimum Gasteiger partial charge on any atom is -0.478 e. The van der Waals surface area contributed by atoms with Gasteiger partial charge in [-0.15, -0.1) is 11.3 Å². The third kappa shape index (κ3) is 3.63. The molecule has 1 unspecified atom stereocenters. The van der Waals surface area contributed by atoms with Crippen LogP contribution in [0.15, 0.2) is 24.5 Å². The molecule has 1 atom stereocenters. The van der Waals surface area contributed by atoms with Gasteiger partial charge in [-0.3, -0.25) is 9.78 Å². The highest BCUT2D eigenvalue weighted by Gasteiger charge is 2.15. The lowest BCUT2D eigenvalue weighted by Gasteiger charge is -2.10. The first-order valence-corrected chi connectivity index (χ1v) is 7.27. The molecule has 0 aliphatic heterocycles. The fourth-order valence-corrected chi connectivity index (χ4v) is 2.53. The predicted molar refractivity (Wildman–Crippen MR) is 78.6 cm³/mol. The molecule has 7 heteroatoms. The summed E-state index contributed by atoms with van der Waals surface area (Å²) in [6.45, 7) is 3.90. The number of aromatic nitrogens is 2. The fourth-order valence-electron chi connectivity index (χ4n) is 1.67. The topological polar surface area (TPSA) is 92.2 Å². The van der Waals surface area contributed by atoms with E-state index >= 15 is 0 Å². The van der Waals surface area contributed by atoms with Gasteiger partial charge >= 0.3 is 5.97 Å². The normalized spacial score (nSPS) is 11.9. The second-order valence-corrected chi connectivity index (χ2v) is 5.60. The molecule has 0 aliphatic rings. The van der Waals surface area contributed by atoms with Crippen LogP contribution in [0.1, 0.15) is 50.6 Å². The van der Waals surface area contributed by atoms with Gasteiger partial charge in [0, 0.05) is 17.3 Å². The molecule has 0 aromatic carbocycles. The molecule has 0 spiro atoms. The number of amides is 1. The Morgan fingerprint density at radius 3 is 2.62 bits per heavy atom. The van der Waals surface area contributed by atoms with Crippen LogP contribution in [0.3, 0.4) is 0 Å². The van der Waals surface area contributed by atoms with Crippen molar-refractivity contribution >= 4 is 23.2 Å². The number of thiazole rings is 1. The van der Waals surface area contributed by atoms with E-state index in [9.17, 15) is 9.59 Å². The molecule has 0 aliphatic carbocycles. The van der Waals surface area contributed by atoms with E-state index < -0.39 is 5.97 Å². The molecule has 0 saturated carbocycles.